The van der Waals surface area contributed by atoms with Gasteiger partial charge in [0.2, 0.25) is 5.89 Å². The van der Waals surface area contributed by atoms with Gasteiger partial charge in [0.15, 0.2) is 5.82 Å². The Kier molecular flexibility index (Phi) is 10.2. The van der Waals surface area contributed by atoms with Crippen molar-refractivity contribution in [3.05, 3.63) is 71.0 Å². The lowest BCUT2D eigenvalue weighted by molar-refractivity contribution is -0.192. The van der Waals surface area contributed by atoms with Crippen molar-refractivity contribution in [2.24, 2.45) is 5.92 Å². The van der Waals surface area contributed by atoms with Crippen LogP contribution in [0, 0.1) is 5.92 Å². The molecule has 4 rings (SSSR count). The van der Waals surface area contributed by atoms with Crippen LogP contribution in [0.1, 0.15) is 47.8 Å². The molecule has 0 saturated heterocycles. The highest BCUT2D eigenvalue weighted by atomic mass is 19.4. The topological polar surface area (TPSA) is 138 Å². The number of aliphatic carboxylic acids is 2. The van der Waals surface area contributed by atoms with Gasteiger partial charge in [-0.25, -0.2) is 9.78 Å². The predicted molar refractivity (Wildman–Crippen MR) is 131 cm³/mol. The van der Waals surface area contributed by atoms with Crippen molar-refractivity contribution in [3.63, 3.8) is 0 Å². The fraction of sp³-hybridized carbons (Fsp3) is 0.423. The number of carboxylic acids is 2. The van der Waals surface area contributed by atoms with E-state index in [2.05, 4.69) is 27.6 Å². The van der Waals surface area contributed by atoms with Crippen LogP contribution in [0.5, 0.6) is 0 Å². The first-order chi connectivity index (χ1) is 18.1. The van der Waals surface area contributed by atoms with E-state index in [1.165, 1.54) is 5.56 Å². The van der Waals surface area contributed by atoms with Crippen LogP contribution >= 0.6 is 0 Å². The van der Waals surface area contributed by atoms with Crippen molar-refractivity contribution in [2.75, 3.05) is 11.9 Å². The van der Waals surface area contributed by atoms with Gasteiger partial charge >= 0.3 is 18.1 Å². The molecular weight excluding hydrogens is 505 g/mol. The number of aromatic nitrogens is 3. The Hall–Kier alpha value is -3.96. The van der Waals surface area contributed by atoms with E-state index in [4.69, 9.17) is 19.4 Å². The summed E-state index contributed by atoms with van der Waals surface area (Å²) in [5.74, 6) is -1.46. The molecule has 3 N–H and O–H groups in total. The van der Waals surface area contributed by atoms with E-state index in [0.29, 0.717) is 31.0 Å². The molecule has 204 valence electrons. The number of alkyl halides is 3. The normalized spacial score (nSPS) is 13.4. The number of halogens is 3. The van der Waals surface area contributed by atoms with E-state index in [-0.39, 0.29) is 12.3 Å². The Morgan fingerprint density at radius 1 is 1.03 bits per heavy atom. The van der Waals surface area contributed by atoms with Gasteiger partial charge in [0.25, 0.3) is 0 Å². The largest absolute Gasteiger partial charge is 0.490 e. The molecule has 1 aliphatic rings. The summed E-state index contributed by atoms with van der Waals surface area (Å²) < 4.78 is 37.1. The molecule has 2 aromatic heterocycles. The van der Waals surface area contributed by atoms with Crippen LogP contribution in [0.25, 0.3) is 0 Å². The Labute approximate surface area is 217 Å². The van der Waals surface area contributed by atoms with Gasteiger partial charge in [-0.05, 0) is 55.2 Å². The summed E-state index contributed by atoms with van der Waals surface area (Å²) in [5, 5.41) is 23.9. The molecule has 12 heteroatoms. The zero-order valence-corrected chi connectivity index (χ0v) is 20.6. The summed E-state index contributed by atoms with van der Waals surface area (Å²) in [4.78, 5) is 29.4. The maximum absolute atomic E-state index is 11.3. The van der Waals surface area contributed by atoms with Crippen molar-refractivity contribution < 1.29 is 37.5 Å². The summed E-state index contributed by atoms with van der Waals surface area (Å²) in [6.45, 7) is 0.988. The number of hydrogen-bond acceptors (Lipinski definition) is 7. The van der Waals surface area contributed by atoms with E-state index < -0.39 is 18.1 Å². The number of carbonyl (C=O) groups is 2. The lowest BCUT2D eigenvalue weighted by atomic mass is 9.93. The third kappa shape index (κ3) is 9.49. The maximum atomic E-state index is 11.3. The number of carboxylic acid groups (broad SMARTS) is 2. The van der Waals surface area contributed by atoms with Crippen LogP contribution in [0.15, 0.2) is 47.0 Å². The van der Waals surface area contributed by atoms with Crippen molar-refractivity contribution in [3.8, 4) is 0 Å². The van der Waals surface area contributed by atoms with E-state index in [9.17, 15) is 23.1 Å². The van der Waals surface area contributed by atoms with Gasteiger partial charge in [-0.1, -0.05) is 41.6 Å². The third-order valence-electron chi connectivity index (χ3n) is 5.83. The molecule has 1 unspecified atom stereocenters. The fourth-order valence-corrected chi connectivity index (χ4v) is 4.07. The minimum atomic E-state index is -5.08. The molecule has 3 aromatic rings. The maximum Gasteiger partial charge on any atom is 0.490 e. The number of aryl methyl sites for hydroxylation is 3. The number of anilines is 1. The number of pyridine rings is 1. The van der Waals surface area contributed by atoms with E-state index in [0.717, 1.165) is 49.3 Å². The Morgan fingerprint density at radius 3 is 2.45 bits per heavy atom. The molecule has 3 heterocycles. The van der Waals surface area contributed by atoms with E-state index in [1.54, 1.807) is 0 Å². The molecule has 1 atom stereocenters. The zero-order chi connectivity index (χ0) is 27.5. The first-order valence-electron chi connectivity index (χ1n) is 12.2. The molecule has 1 aromatic carbocycles. The van der Waals surface area contributed by atoms with Crippen LogP contribution in [0.4, 0.5) is 19.0 Å². The van der Waals surface area contributed by atoms with Gasteiger partial charge in [0, 0.05) is 31.5 Å². The Balaban J connectivity index is 0.000000505. The number of hydrogen-bond donors (Lipinski definition) is 3. The van der Waals surface area contributed by atoms with Crippen molar-refractivity contribution in [2.45, 2.75) is 57.5 Å². The highest BCUT2D eigenvalue weighted by Crippen LogP contribution is 2.21. The van der Waals surface area contributed by atoms with E-state index >= 15 is 0 Å². The average Bonchev–Trinajstić information content (AvgIpc) is 3.31. The quantitative estimate of drug-likeness (QED) is 0.343. The van der Waals surface area contributed by atoms with Gasteiger partial charge in [0.05, 0.1) is 0 Å². The summed E-state index contributed by atoms with van der Waals surface area (Å²) in [5.41, 5.74) is 3.48. The highest BCUT2D eigenvalue weighted by Gasteiger charge is 2.38. The Morgan fingerprint density at radius 2 is 1.76 bits per heavy atom. The van der Waals surface area contributed by atoms with Gasteiger partial charge < -0.3 is 20.1 Å². The lowest BCUT2D eigenvalue weighted by Crippen LogP contribution is -2.21. The number of nitrogens with one attached hydrogen (secondary N) is 1. The molecule has 38 heavy (non-hydrogen) atoms. The average molecular weight is 535 g/mol. The molecule has 0 bridgehead atoms. The first-order valence-corrected chi connectivity index (χ1v) is 12.2. The summed E-state index contributed by atoms with van der Waals surface area (Å²) in [6, 6.07) is 14.2. The van der Waals surface area contributed by atoms with E-state index in [1.807, 2.05) is 30.3 Å². The van der Waals surface area contributed by atoms with Crippen LogP contribution < -0.4 is 5.32 Å². The van der Waals surface area contributed by atoms with Gasteiger partial charge in [-0.2, -0.15) is 18.2 Å². The lowest BCUT2D eigenvalue weighted by Gasteiger charge is -2.17. The SMILES string of the molecule is O=C(O)C(F)(F)F.O=C(O)CC(Cc1ccccc1)Cc1nc(CCCc2ccc3c(n2)NCCC3)no1. The second-order valence-electron chi connectivity index (χ2n) is 8.96. The van der Waals surface area contributed by atoms with Crippen LogP contribution in [-0.2, 0) is 41.7 Å². The zero-order valence-electron chi connectivity index (χ0n) is 20.6. The van der Waals surface area contributed by atoms with Crippen molar-refractivity contribution in [1.82, 2.24) is 15.1 Å². The molecule has 1 aliphatic heterocycles. The highest BCUT2D eigenvalue weighted by molar-refractivity contribution is 5.73. The summed E-state index contributed by atoms with van der Waals surface area (Å²) in [7, 11) is 0. The minimum Gasteiger partial charge on any atom is -0.481 e. The van der Waals surface area contributed by atoms with Crippen LogP contribution in [0.2, 0.25) is 0 Å². The smallest absolute Gasteiger partial charge is 0.481 e. The second kappa shape index (κ2) is 13.5. The van der Waals surface area contributed by atoms with Crippen molar-refractivity contribution in [1.29, 1.82) is 0 Å². The summed E-state index contributed by atoms with van der Waals surface area (Å²) in [6.07, 6.45) is 0.820. The fourth-order valence-electron chi connectivity index (χ4n) is 4.07. The number of rotatable bonds is 10. The second-order valence-corrected chi connectivity index (χ2v) is 8.96. The molecule has 0 radical (unpaired) electrons. The molecule has 0 fully saturated rings. The van der Waals surface area contributed by atoms with Crippen molar-refractivity contribution >= 4 is 17.8 Å². The first kappa shape index (κ1) is 28.6. The monoisotopic (exact) mass is 534 g/mol. The predicted octanol–water partition coefficient (Wildman–Crippen LogP) is 4.51. The molecular formula is C26H29F3N4O5. The van der Waals surface area contributed by atoms with Gasteiger partial charge in [0.1, 0.15) is 5.82 Å². The minimum absolute atomic E-state index is 0.0740. The summed E-state index contributed by atoms with van der Waals surface area (Å²) >= 11 is 0. The number of benzene rings is 1. The molecule has 0 aliphatic carbocycles. The van der Waals surface area contributed by atoms with Crippen LogP contribution in [-0.4, -0.2) is 50.0 Å². The van der Waals surface area contributed by atoms with Gasteiger partial charge in [-0.3, -0.25) is 4.79 Å². The standard InChI is InChI=1S/C24H28N4O3.C2HF3O2/c29-23(30)16-18(14-17-6-2-1-3-7-17)15-22-27-21(28-31-22)10-4-9-20-12-11-19-8-5-13-25-24(19)26-20;3-2(4,5)1(6)7/h1-3,6-7,11-12,18H,4-5,8-10,13-16H2,(H,25,26)(H,29,30);(H,6,7). The molecule has 0 saturated carbocycles. The number of nitrogens with zero attached hydrogens (tertiary/aromatic N) is 3. The van der Waals surface area contributed by atoms with Crippen LogP contribution in [0.3, 0.4) is 0 Å². The van der Waals surface area contributed by atoms with Gasteiger partial charge in [-0.15, -0.1) is 0 Å². The molecule has 9 nitrogen and oxygen atoms in total. The molecule has 0 amide bonds. The third-order valence-corrected chi connectivity index (χ3v) is 5.83. The molecule has 0 spiro atoms. The number of fused-ring (bicyclic) bond motifs is 1. The Bertz CT molecular complexity index is 1200.